The Morgan fingerprint density at radius 1 is 1.09 bits per heavy atom. The summed E-state index contributed by atoms with van der Waals surface area (Å²) < 4.78 is 2.25. The van der Waals surface area contributed by atoms with Gasteiger partial charge in [-0.25, -0.2) is 0 Å². The molecule has 116 valence electrons. The van der Waals surface area contributed by atoms with Gasteiger partial charge >= 0.3 is 0 Å². The maximum atomic E-state index is 4.31. The number of likely N-dealkylation sites (tertiary alicyclic amines) is 1. The zero-order chi connectivity index (χ0) is 15.1. The highest BCUT2D eigenvalue weighted by atomic mass is 15.4. The van der Waals surface area contributed by atoms with E-state index in [1.54, 1.807) is 0 Å². The highest BCUT2D eigenvalue weighted by Gasteiger charge is 2.36. The molecule has 2 aromatic rings. The van der Waals surface area contributed by atoms with Crippen molar-refractivity contribution in [2.45, 2.75) is 39.0 Å². The van der Waals surface area contributed by atoms with Crippen LogP contribution >= 0.6 is 0 Å². The van der Waals surface area contributed by atoms with E-state index >= 15 is 0 Å². The van der Waals surface area contributed by atoms with Gasteiger partial charge in [-0.05, 0) is 19.4 Å². The molecule has 1 unspecified atom stereocenters. The van der Waals surface area contributed by atoms with Gasteiger partial charge in [0.1, 0.15) is 11.6 Å². The van der Waals surface area contributed by atoms with Gasteiger partial charge in [-0.3, -0.25) is 9.80 Å². The fourth-order valence-electron chi connectivity index (χ4n) is 3.61. The molecule has 1 aromatic carbocycles. The van der Waals surface area contributed by atoms with Gasteiger partial charge in [-0.2, -0.15) is 0 Å². The van der Waals surface area contributed by atoms with Crippen LogP contribution in [0.3, 0.4) is 0 Å². The van der Waals surface area contributed by atoms with Crippen molar-refractivity contribution < 1.29 is 0 Å². The minimum Gasteiger partial charge on any atom is -0.313 e. The first-order valence-corrected chi connectivity index (χ1v) is 8.14. The number of fused-ring (bicyclic) bond motifs is 1. The Hall–Kier alpha value is -1.72. The highest BCUT2D eigenvalue weighted by Crippen LogP contribution is 2.28. The quantitative estimate of drug-likeness (QED) is 0.866. The number of benzene rings is 1. The molecule has 0 spiro atoms. The van der Waals surface area contributed by atoms with Crippen molar-refractivity contribution in [3.8, 4) is 0 Å². The van der Waals surface area contributed by atoms with Crippen molar-refractivity contribution in [2.75, 3.05) is 19.6 Å². The van der Waals surface area contributed by atoms with Crippen molar-refractivity contribution in [1.82, 2.24) is 24.6 Å². The largest absolute Gasteiger partial charge is 0.313 e. The lowest BCUT2D eigenvalue weighted by Gasteiger charge is -2.49. The Balaban J connectivity index is 1.36. The maximum Gasteiger partial charge on any atom is 0.147 e. The maximum absolute atomic E-state index is 4.31. The van der Waals surface area contributed by atoms with Crippen LogP contribution in [0.2, 0.25) is 0 Å². The number of hydrogen-bond acceptors (Lipinski definition) is 4. The number of nitrogens with zero attached hydrogens (tertiary/aromatic N) is 5. The van der Waals surface area contributed by atoms with E-state index in [2.05, 4.69) is 61.8 Å². The molecule has 1 atom stereocenters. The third-order valence-electron chi connectivity index (χ3n) is 5.20. The molecule has 2 aliphatic rings. The number of hydrogen-bond donors (Lipinski definition) is 0. The summed E-state index contributed by atoms with van der Waals surface area (Å²) in [6.07, 6.45) is 0. The molecule has 0 radical (unpaired) electrons. The van der Waals surface area contributed by atoms with E-state index in [4.69, 9.17) is 0 Å². The van der Waals surface area contributed by atoms with E-state index in [-0.39, 0.29) is 0 Å². The normalized spacial score (nSPS) is 21.4. The number of aromatic nitrogens is 3. The third-order valence-corrected chi connectivity index (χ3v) is 5.20. The summed E-state index contributed by atoms with van der Waals surface area (Å²) in [5, 5.41) is 8.50. The summed E-state index contributed by atoms with van der Waals surface area (Å²) in [6, 6.07) is 12.0. The molecule has 2 aliphatic heterocycles. The zero-order valence-electron chi connectivity index (χ0n) is 13.3. The van der Waals surface area contributed by atoms with Crippen molar-refractivity contribution in [3.63, 3.8) is 0 Å². The Morgan fingerprint density at radius 2 is 1.86 bits per heavy atom. The average Bonchev–Trinajstić information content (AvgIpc) is 2.88. The van der Waals surface area contributed by atoms with Crippen molar-refractivity contribution in [1.29, 1.82) is 0 Å². The molecule has 5 nitrogen and oxygen atoms in total. The van der Waals surface area contributed by atoms with E-state index in [0.717, 1.165) is 44.4 Å². The Kier molecular flexibility index (Phi) is 3.47. The molecule has 0 aliphatic carbocycles. The summed E-state index contributed by atoms with van der Waals surface area (Å²) in [5.74, 6) is 2.17. The first-order valence-electron chi connectivity index (χ1n) is 8.14. The minimum absolute atomic E-state index is 0.508. The molecule has 0 bridgehead atoms. The van der Waals surface area contributed by atoms with Gasteiger partial charge in [0.15, 0.2) is 0 Å². The highest BCUT2D eigenvalue weighted by molar-refractivity contribution is 5.19. The van der Waals surface area contributed by atoms with Crippen LogP contribution in [-0.4, -0.2) is 50.2 Å². The SMILES string of the molecule is Cc1nnc2n1CCN(C1CN(C(C)c3ccccc3)C1)C2. The molecule has 1 aromatic heterocycles. The monoisotopic (exact) mass is 297 g/mol. The third kappa shape index (κ3) is 2.34. The molecule has 0 N–H and O–H groups in total. The van der Waals surface area contributed by atoms with Crippen LogP contribution in [-0.2, 0) is 13.1 Å². The summed E-state index contributed by atoms with van der Waals surface area (Å²) in [7, 11) is 0. The number of aryl methyl sites for hydroxylation is 1. The Labute approximate surface area is 131 Å². The topological polar surface area (TPSA) is 37.2 Å². The number of rotatable bonds is 3. The molecule has 5 heteroatoms. The lowest BCUT2D eigenvalue weighted by molar-refractivity contribution is -0.00465. The minimum atomic E-state index is 0.508. The van der Waals surface area contributed by atoms with E-state index < -0.39 is 0 Å². The van der Waals surface area contributed by atoms with Crippen molar-refractivity contribution in [3.05, 3.63) is 47.5 Å². The second-order valence-corrected chi connectivity index (χ2v) is 6.48. The first-order chi connectivity index (χ1) is 10.7. The molecule has 1 fully saturated rings. The van der Waals surface area contributed by atoms with Crippen LogP contribution in [0, 0.1) is 6.92 Å². The van der Waals surface area contributed by atoms with Crippen LogP contribution in [0.5, 0.6) is 0 Å². The van der Waals surface area contributed by atoms with Crippen LogP contribution in [0.4, 0.5) is 0 Å². The van der Waals surface area contributed by atoms with Gasteiger partial charge in [-0.1, -0.05) is 30.3 Å². The smallest absolute Gasteiger partial charge is 0.147 e. The van der Waals surface area contributed by atoms with E-state index in [1.807, 2.05) is 6.92 Å². The van der Waals surface area contributed by atoms with Crippen LogP contribution in [0.1, 0.15) is 30.2 Å². The van der Waals surface area contributed by atoms with Gasteiger partial charge in [0, 0.05) is 38.3 Å². The lowest BCUT2D eigenvalue weighted by atomic mass is 9.99. The molecule has 3 heterocycles. The van der Waals surface area contributed by atoms with Gasteiger partial charge < -0.3 is 4.57 Å². The van der Waals surface area contributed by atoms with Gasteiger partial charge in [0.2, 0.25) is 0 Å². The van der Waals surface area contributed by atoms with Gasteiger partial charge in [-0.15, -0.1) is 10.2 Å². The van der Waals surface area contributed by atoms with Crippen LogP contribution in [0.15, 0.2) is 30.3 Å². The molecule has 1 saturated heterocycles. The molecular formula is C17H23N5. The summed E-state index contributed by atoms with van der Waals surface area (Å²) >= 11 is 0. The standard InChI is InChI=1S/C17H23N5/c1-13(15-6-4-3-5-7-15)21-10-16(11-21)20-8-9-22-14(2)18-19-17(22)12-20/h3-7,13,16H,8-12H2,1-2H3. The second-order valence-electron chi connectivity index (χ2n) is 6.48. The van der Waals surface area contributed by atoms with Gasteiger partial charge in [0.05, 0.1) is 6.54 Å². The predicted molar refractivity (Wildman–Crippen MR) is 85.4 cm³/mol. The molecule has 4 rings (SSSR count). The van der Waals surface area contributed by atoms with E-state index in [9.17, 15) is 0 Å². The van der Waals surface area contributed by atoms with E-state index in [0.29, 0.717) is 12.1 Å². The van der Waals surface area contributed by atoms with Crippen molar-refractivity contribution in [2.24, 2.45) is 0 Å². The molecular weight excluding hydrogens is 274 g/mol. The summed E-state index contributed by atoms with van der Waals surface area (Å²) in [5.41, 5.74) is 1.41. The fourth-order valence-corrected chi connectivity index (χ4v) is 3.61. The molecule has 22 heavy (non-hydrogen) atoms. The van der Waals surface area contributed by atoms with Gasteiger partial charge in [0.25, 0.3) is 0 Å². The Morgan fingerprint density at radius 3 is 2.64 bits per heavy atom. The molecule has 0 amide bonds. The van der Waals surface area contributed by atoms with E-state index in [1.165, 1.54) is 5.56 Å². The van der Waals surface area contributed by atoms with Crippen LogP contribution < -0.4 is 0 Å². The average molecular weight is 297 g/mol. The predicted octanol–water partition coefficient (Wildman–Crippen LogP) is 1.85. The molecule has 0 saturated carbocycles. The second kappa shape index (κ2) is 5.48. The zero-order valence-corrected chi connectivity index (χ0v) is 13.3. The van der Waals surface area contributed by atoms with Crippen LogP contribution in [0.25, 0.3) is 0 Å². The lowest BCUT2D eigenvalue weighted by Crippen LogP contribution is -2.60. The first kappa shape index (κ1) is 13.9. The Bertz CT molecular complexity index is 644. The van der Waals surface area contributed by atoms with Crippen molar-refractivity contribution >= 4 is 0 Å². The summed E-state index contributed by atoms with van der Waals surface area (Å²) in [4.78, 5) is 5.13. The fraction of sp³-hybridized carbons (Fsp3) is 0.529. The summed E-state index contributed by atoms with van der Waals surface area (Å²) in [6.45, 7) is 9.75.